The molecule has 1 atom stereocenters. The SMILES string of the molecule is COC[C@H]1Cn2cc(-c3cc(Nc4ccnn4C)ncc3Cl)cc2C(=O)N1Cc1ccc2c(c1)OCO2. The summed E-state index contributed by atoms with van der Waals surface area (Å²) in [6.07, 6.45) is 5.27. The molecule has 1 amide bonds. The number of amides is 1. The van der Waals surface area contributed by atoms with Crippen LogP contribution in [0.1, 0.15) is 16.1 Å². The van der Waals surface area contributed by atoms with Crippen LogP contribution in [-0.4, -0.2) is 56.7 Å². The summed E-state index contributed by atoms with van der Waals surface area (Å²) in [6.45, 7) is 1.65. The molecule has 0 unspecified atom stereocenters. The molecule has 3 aromatic heterocycles. The van der Waals surface area contributed by atoms with E-state index in [1.54, 1.807) is 24.2 Å². The third-order valence-electron chi connectivity index (χ3n) is 6.62. The topological polar surface area (TPSA) is 95.7 Å². The van der Waals surface area contributed by atoms with E-state index in [9.17, 15) is 4.79 Å². The van der Waals surface area contributed by atoms with Gasteiger partial charge in [-0.3, -0.25) is 9.48 Å². The second-order valence-electron chi connectivity index (χ2n) is 9.01. The van der Waals surface area contributed by atoms with Crippen molar-refractivity contribution in [3.63, 3.8) is 0 Å². The van der Waals surface area contributed by atoms with Crippen LogP contribution in [0.3, 0.4) is 0 Å². The second kappa shape index (κ2) is 9.45. The van der Waals surface area contributed by atoms with Crippen LogP contribution in [0.5, 0.6) is 11.5 Å². The monoisotopic (exact) mass is 520 g/mol. The number of rotatable bonds is 7. The lowest BCUT2D eigenvalue weighted by Gasteiger charge is -2.36. The maximum absolute atomic E-state index is 13.7. The van der Waals surface area contributed by atoms with E-state index >= 15 is 0 Å². The number of pyridine rings is 1. The molecular formula is C26H25ClN6O4. The number of nitrogens with zero attached hydrogens (tertiary/aromatic N) is 5. The van der Waals surface area contributed by atoms with E-state index in [0.29, 0.717) is 47.7 Å². The first-order chi connectivity index (χ1) is 18.0. The van der Waals surface area contributed by atoms with Crippen molar-refractivity contribution in [1.82, 2.24) is 24.2 Å². The van der Waals surface area contributed by atoms with Gasteiger partial charge in [0, 0.05) is 56.8 Å². The minimum absolute atomic E-state index is 0.0735. The molecular weight excluding hydrogens is 496 g/mol. The molecule has 0 saturated heterocycles. The number of fused-ring (bicyclic) bond motifs is 2. The number of anilines is 2. The Labute approximate surface area is 218 Å². The van der Waals surface area contributed by atoms with Gasteiger partial charge in [-0.05, 0) is 29.8 Å². The van der Waals surface area contributed by atoms with Gasteiger partial charge in [-0.1, -0.05) is 17.7 Å². The van der Waals surface area contributed by atoms with Crippen LogP contribution < -0.4 is 14.8 Å². The van der Waals surface area contributed by atoms with Crippen molar-refractivity contribution in [2.75, 3.05) is 25.8 Å². The molecule has 1 aromatic carbocycles. The molecule has 1 N–H and O–H groups in total. The molecule has 6 rings (SSSR count). The van der Waals surface area contributed by atoms with Crippen LogP contribution in [0.15, 0.2) is 55.0 Å². The Morgan fingerprint density at radius 2 is 2.05 bits per heavy atom. The van der Waals surface area contributed by atoms with Gasteiger partial charge in [0.2, 0.25) is 6.79 Å². The number of halogens is 1. The Balaban J connectivity index is 1.30. The number of methoxy groups -OCH3 is 1. The fourth-order valence-electron chi connectivity index (χ4n) is 4.75. The van der Waals surface area contributed by atoms with Crippen LogP contribution in [-0.2, 0) is 24.9 Å². The summed E-state index contributed by atoms with van der Waals surface area (Å²) < 4.78 is 20.1. The number of ether oxygens (including phenoxy) is 3. The smallest absolute Gasteiger partial charge is 0.271 e. The zero-order chi connectivity index (χ0) is 25.5. The average Bonchev–Trinajstić information content (AvgIpc) is 3.63. The summed E-state index contributed by atoms with van der Waals surface area (Å²) in [5.41, 5.74) is 3.17. The lowest BCUT2D eigenvalue weighted by Crippen LogP contribution is -2.49. The van der Waals surface area contributed by atoms with Crippen LogP contribution in [0.2, 0.25) is 5.02 Å². The summed E-state index contributed by atoms with van der Waals surface area (Å²) in [6, 6.07) is 11.2. The number of nitrogens with one attached hydrogen (secondary N) is 1. The first-order valence-electron chi connectivity index (χ1n) is 11.8. The van der Waals surface area contributed by atoms with Crippen molar-refractivity contribution < 1.29 is 19.0 Å². The number of carbonyl (C=O) groups is 1. The second-order valence-corrected chi connectivity index (χ2v) is 9.42. The van der Waals surface area contributed by atoms with Crippen LogP contribution in [0.25, 0.3) is 11.1 Å². The fraction of sp³-hybridized carbons (Fsp3) is 0.269. The minimum atomic E-state index is -0.134. The van der Waals surface area contributed by atoms with Crippen LogP contribution in [0.4, 0.5) is 11.6 Å². The standard InChI is InChI=1S/C26H25ClN6O4/c1-31-25(5-6-29-31)30-24-9-19(20(27)10-28-24)17-8-21-26(34)33(18(14-35-2)13-32(21)12-17)11-16-3-4-22-23(7-16)37-15-36-22/h3-10,12,18H,11,13-15H2,1-2H3,(H,28,30)/t18-/m1/s1. The molecule has 0 aliphatic carbocycles. The molecule has 5 heterocycles. The molecule has 37 heavy (non-hydrogen) atoms. The van der Waals surface area contributed by atoms with Crippen LogP contribution >= 0.6 is 11.6 Å². The van der Waals surface area contributed by atoms with Gasteiger partial charge < -0.3 is 29.0 Å². The number of hydrogen-bond donors (Lipinski definition) is 1. The van der Waals surface area contributed by atoms with E-state index in [1.165, 1.54) is 0 Å². The molecule has 0 spiro atoms. The maximum Gasteiger partial charge on any atom is 0.271 e. The van der Waals surface area contributed by atoms with E-state index in [1.807, 2.05) is 59.1 Å². The third-order valence-corrected chi connectivity index (χ3v) is 6.92. The number of benzene rings is 1. The van der Waals surface area contributed by atoms with Gasteiger partial charge in [-0.25, -0.2) is 4.98 Å². The minimum Gasteiger partial charge on any atom is -0.454 e. The lowest BCUT2D eigenvalue weighted by atomic mass is 10.1. The normalized spacial score (nSPS) is 16.2. The van der Waals surface area contributed by atoms with E-state index in [-0.39, 0.29) is 18.7 Å². The molecule has 2 aliphatic rings. The predicted molar refractivity (Wildman–Crippen MR) is 137 cm³/mol. The van der Waals surface area contributed by atoms with Gasteiger partial charge in [0.25, 0.3) is 5.91 Å². The molecule has 0 bridgehead atoms. The summed E-state index contributed by atoms with van der Waals surface area (Å²) >= 11 is 6.55. The average molecular weight is 521 g/mol. The summed E-state index contributed by atoms with van der Waals surface area (Å²) in [5, 5.41) is 7.92. The number of aromatic nitrogens is 4. The Morgan fingerprint density at radius 1 is 1.19 bits per heavy atom. The van der Waals surface area contributed by atoms with E-state index in [2.05, 4.69) is 15.4 Å². The molecule has 2 aliphatic heterocycles. The Bertz CT molecular complexity index is 1480. The zero-order valence-corrected chi connectivity index (χ0v) is 21.1. The molecule has 0 fully saturated rings. The molecule has 190 valence electrons. The van der Waals surface area contributed by atoms with Gasteiger partial charge in [-0.15, -0.1) is 0 Å². The summed E-state index contributed by atoms with van der Waals surface area (Å²) in [4.78, 5) is 20.0. The highest BCUT2D eigenvalue weighted by atomic mass is 35.5. The highest BCUT2D eigenvalue weighted by Crippen LogP contribution is 2.35. The van der Waals surface area contributed by atoms with E-state index < -0.39 is 0 Å². The highest BCUT2D eigenvalue weighted by molar-refractivity contribution is 6.33. The molecule has 0 saturated carbocycles. The van der Waals surface area contributed by atoms with Crippen molar-refractivity contribution in [3.05, 3.63) is 71.3 Å². The maximum atomic E-state index is 13.7. The van der Waals surface area contributed by atoms with Crippen molar-refractivity contribution in [1.29, 1.82) is 0 Å². The zero-order valence-electron chi connectivity index (χ0n) is 20.3. The molecule has 10 nitrogen and oxygen atoms in total. The highest BCUT2D eigenvalue weighted by Gasteiger charge is 2.33. The quantitative estimate of drug-likeness (QED) is 0.392. The first-order valence-corrected chi connectivity index (χ1v) is 12.2. The van der Waals surface area contributed by atoms with Gasteiger partial charge in [0.15, 0.2) is 11.5 Å². The van der Waals surface area contributed by atoms with E-state index in [0.717, 1.165) is 22.5 Å². The predicted octanol–water partition coefficient (Wildman–Crippen LogP) is 4.08. The van der Waals surface area contributed by atoms with Crippen LogP contribution in [0, 0.1) is 0 Å². The third kappa shape index (κ3) is 4.38. The molecule has 0 radical (unpaired) electrons. The Kier molecular flexibility index (Phi) is 5.97. The van der Waals surface area contributed by atoms with Gasteiger partial charge >= 0.3 is 0 Å². The van der Waals surface area contributed by atoms with Crippen molar-refractivity contribution in [2.24, 2.45) is 7.05 Å². The van der Waals surface area contributed by atoms with Gasteiger partial charge in [0.05, 0.1) is 23.9 Å². The largest absolute Gasteiger partial charge is 0.454 e. The first kappa shape index (κ1) is 23.4. The molecule has 11 heteroatoms. The Hall–Kier alpha value is -4.02. The number of carbonyl (C=O) groups excluding carboxylic acids is 1. The van der Waals surface area contributed by atoms with Crippen molar-refractivity contribution in [3.8, 4) is 22.6 Å². The summed E-state index contributed by atoms with van der Waals surface area (Å²) in [5.74, 6) is 2.76. The van der Waals surface area contributed by atoms with Gasteiger partial charge in [0.1, 0.15) is 17.3 Å². The van der Waals surface area contributed by atoms with Crippen molar-refractivity contribution in [2.45, 2.75) is 19.1 Å². The summed E-state index contributed by atoms with van der Waals surface area (Å²) in [7, 11) is 3.49. The van der Waals surface area contributed by atoms with E-state index in [4.69, 9.17) is 25.8 Å². The number of hydrogen-bond acceptors (Lipinski definition) is 7. The lowest BCUT2D eigenvalue weighted by molar-refractivity contribution is 0.0388. The van der Waals surface area contributed by atoms with Crippen molar-refractivity contribution >= 4 is 29.1 Å². The Morgan fingerprint density at radius 3 is 2.86 bits per heavy atom. The van der Waals surface area contributed by atoms with Gasteiger partial charge in [-0.2, -0.15) is 5.10 Å². The molecule has 4 aromatic rings. The number of aryl methyl sites for hydroxylation is 1. The fourth-order valence-corrected chi connectivity index (χ4v) is 4.97.